The van der Waals surface area contributed by atoms with Gasteiger partial charge in [-0.25, -0.2) is 0 Å². The lowest BCUT2D eigenvalue weighted by atomic mass is 9.86. The van der Waals surface area contributed by atoms with Gasteiger partial charge in [0.2, 0.25) is 0 Å². The molecule has 1 saturated carbocycles. The number of hydrogen-bond acceptors (Lipinski definition) is 3. The number of para-hydroxylation sites is 1. The van der Waals surface area contributed by atoms with E-state index in [2.05, 4.69) is 26.9 Å². The van der Waals surface area contributed by atoms with Crippen molar-refractivity contribution in [3.05, 3.63) is 42.0 Å². The highest BCUT2D eigenvalue weighted by Crippen LogP contribution is 2.27. The maximum atomic E-state index is 5.82. The molecular weight excluding hydrogens is 260 g/mol. The Balaban J connectivity index is 1.77. The average Bonchev–Trinajstić information content (AvgIpc) is 2.97. The van der Waals surface area contributed by atoms with Gasteiger partial charge in [0.05, 0.1) is 6.54 Å². The Morgan fingerprint density at radius 2 is 1.71 bits per heavy atom. The van der Waals surface area contributed by atoms with E-state index in [1.807, 2.05) is 18.2 Å². The molecule has 1 aromatic carbocycles. The van der Waals surface area contributed by atoms with Crippen molar-refractivity contribution in [2.45, 2.75) is 51.5 Å². The van der Waals surface area contributed by atoms with Crippen molar-refractivity contribution in [2.24, 2.45) is 11.7 Å². The Morgan fingerprint density at radius 1 is 1.00 bits per heavy atom. The summed E-state index contributed by atoms with van der Waals surface area (Å²) in [5.41, 5.74) is 6.93. The Bertz CT molecular complexity index is 555. The van der Waals surface area contributed by atoms with Crippen molar-refractivity contribution in [1.29, 1.82) is 0 Å². The van der Waals surface area contributed by atoms with E-state index in [-0.39, 0.29) is 0 Å². The van der Waals surface area contributed by atoms with E-state index in [4.69, 9.17) is 5.73 Å². The van der Waals surface area contributed by atoms with Gasteiger partial charge < -0.3 is 5.73 Å². The van der Waals surface area contributed by atoms with Crippen molar-refractivity contribution in [1.82, 2.24) is 14.8 Å². The second kappa shape index (κ2) is 6.85. The third kappa shape index (κ3) is 3.32. The molecule has 112 valence electrons. The Kier molecular flexibility index (Phi) is 4.65. The molecular formula is C17H24N4. The van der Waals surface area contributed by atoms with E-state index in [1.165, 1.54) is 38.5 Å². The molecule has 1 aliphatic carbocycles. The lowest BCUT2D eigenvalue weighted by Gasteiger charge is -2.21. The van der Waals surface area contributed by atoms with Gasteiger partial charge in [-0.2, -0.15) is 0 Å². The molecule has 1 aliphatic rings. The topological polar surface area (TPSA) is 56.7 Å². The van der Waals surface area contributed by atoms with Crippen LogP contribution in [0.5, 0.6) is 0 Å². The molecule has 0 radical (unpaired) electrons. The number of nitrogens with zero attached hydrogens (tertiary/aromatic N) is 3. The molecule has 2 N–H and O–H groups in total. The van der Waals surface area contributed by atoms with Gasteiger partial charge in [-0.05, 0) is 24.5 Å². The summed E-state index contributed by atoms with van der Waals surface area (Å²) in [6.45, 7) is 0.422. The number of nitrogens with two attached hydrogens (primary N) is 1. The third-order valence-electron chi connectivity index (χ3n) is 4.49. The molecule has 0 amide bonds. The zero-order valence-electron chi connectivity index (χ0n) is 12.5. The molecule has 0 aliphatic heterocycles. The Labute approximate surface area is 126 Å². The summed E-state index contributed by atoms with van der Waals surface area (Å²) >= 11 is 0. The minimum absolute atomic E-state index is 0.422. The molecule has 0 saturated heterocycles. The largest absolute Gasteiger partial charge is 0.324 e. The lowest BCUT2D eigenvalue weighted by molar-refractivity contribution is 0.337. The summed E-state index contributed by atoms with van der Waals surface area (Å²) in [4.78, 5) is 0. The minimum Gasteiger partial charge on any atom is -0.324 e. The molecule has 0 spiro atoms. The van der Waals surface area contributed by atoms with E-state index >= 15 is 0 Å². The predicted molar refractivity (Wildman–Crippen MR) is 84.1 cm³/mol. The summed E-state index contributed by atoms with van der Waals surface area (Å²) in [5.74, 6) is 2.76. The molecule has 4 heteroatoms. The highest BCUT2D eigenvalue weighted by Gasteiger charge is 2.17. The Hall–Kier alpha value is -1.68. The molecule has 4 nitrogen and oxygen atoms in total. The van der Waals surface area contributed by atoms with E-state index < -0.39 is 0 Å². The highest BCUT2D eigenvalue weighted by molar-refractivity contribution is 5.34. The van der Waals surface area contributed by atoms with Crippen LogP contribution in [0.15, 0.2) is 30.3 Å². The normalized spacial score (nSPS) is 16.2. The van der Waals surface area contributed by atoms with Crippen LogP contribution in [0.3, 0.4) is 0 Å². The van der Waals surface area contributed by atoms with E-state index in [0.29, 0.717) is 6.54 Å². The van der Waals surface area contributed by atoms with E-state index in [9.17, 15) is 0 Å². The number of rotatable bonds is 5. The summed E-state index contributed by atoms with van der Waals surface area (Å²) in [6.07, 6.45) is 9.16. The molecule has 0 bridgehead atoms. The zero-order valence-corrected chi connectivity index (χ0v) is 12.5. The number of aryl methyl sites for hydroxylation is 1. The first-order chi connectivity index (χ1) is 10.4. The van der Waals surface area contributed by atoms with Crippen molar-refractivity contribution in [3.8, 4) is 5.69 Å². The van der Waals surface area contributed by atoms with Crippen LogP contribution >= 0.6 is 0 Å². The van der Waals surface area contributed by atoms with Gasteiger partial charge in [-0.15, -0.1) is 10.2 Å². The van der Waals surface area contributed by atoms with Gasteiger partial charge in [0.1, 0.15) is 5.82 Å². The Morgan fingerprint density at radius 3 is 2.43 bits per heavy atom. The molecule has 0 unspecified atom stereocenters. The fraction of sp³-hybridized carbons (Fsp3) is 0.529. The first kappa shape index (κ1) is 14.3. The summed E-state index contributed by atoms with van der Waals surface area (Å²) in [5, 5.41) is 8.64. The van der Waals surface area contributed by atoms with Crippen molar-refractivity contribution in [2.75, 3.05) is 0 Å². The van der Waals surface area contributed by atoms with Crippen LogP contribution in [0, 0.1) is 5.92 Å². The lowest BCUT2D eigenvalue weighted by Crippen LogP contribution is -2.12. The van der Waals surface area contributed by atoms with Gasteiger partial charge >= 0.3 is 0 Å². The molecule has 2 aromatic rings. The maximum Gasteiger partial charge on any atom is 0.151 e. The fourth-order valence-electron chi connectivity index (χ4n) is 3.33. The molecule has 0 atom stereocenters. The first-order valence-electron chi connectivity index (χ1n) is 8.07. The highest BCUT2D eigenvalue weighted by atomic mass is 15.3. The molecule has 3 rings (SSSR count). The van der Waals surface area contributed by atoms with Crippen LogP contribution in [0.4, 0.5) is 0 Å². The second-order valence-corrected chi connectivity index (χ2v) is 5.95. The number of aromatic nitrogens is 3. The van der Waals surface area contributed by atoms with Crippen LogP contribution in [0.25, 0.3) is 5.69 Å². The fourth-order valence-corrected chi connectivity index (χ4v) is 3.33. The summed E-state index contributed by atoms with van der Waals surface area (Å²) < 4.78 is 2.13. The molecule has 21 heavy (non-hydrogen) atoms. The van der Waals surface area contributed by atoms with Crippen molar-refractivity contribution in [3.63, 3.8) is 0 Å². The van der Waals surface area contributed by atoms with Gasteiger partial charge in [-0.1, -0.05) is 50.3 Å². The SMILES string of the molecule is NCc1nnc(CCC2CCCCC2)n1-c1ccccc1. The van der Waals surface area contributed by atoms with Gasteiger partial charge in [0.25, 0.3) is 0 Å². The van der Waals surface area contributed by atoms with Gasteiger partial charge in [0.15, 0.2) is 5.82 Å². The average molecular weight is 284 g/mol. The zero-order chi connectivity index (χ0) is 14.5. The maximum absolute atomic E-state index is 5.82. The third-order valence-corrected chi connectivity index (χ3v) is 4.49. The summed E-state index contributed by atoms with van der Waals surface area (Å²) in [6, 6.07) is 10.3. The standard InChI is InChI=1S/C17H24N4/c18-13-17-20-19-16(12-11-14-7-3-1-4-8-14)21(17)15-9-5-2-6-10-15/h2,5-6,9-10,14H,1,3-4,7-8,11-13,18H2. The summed E-state index contributed by atoms with van der Waals surface area (Å²) in [7, 11) is 0. The number of hydrogen-bond donors (Lipinski definition) is 1. The monoisotopic (exact) mass is 284 g/mol. The van der Waals surface area contributed by atoms with E-state index in [1.54, 1.807) is 0 Å². The van der Waals surface area contributed by atoms with Crippen LogP contribution in [-0.4, -0.2) is 14.8 Å². The van der Waals surface area contributed by atoms with Gasteiger partial charge in [-0.3, -0.25) is 4.57 Å². The van der Waals surface area contributed by atoms with Crippen LogP contribution in [0.1, 0.15) is 50.2 Å². The smallest absolute Gasteiger partial charge is 0.151 e. The van der Waals surface area contributed by atoms with Crippen LogP contribution < -0.4 is 5.73 Å². The molecule has 1 heterocycles. The van der Waals surface area contributed by atoms with Gasteiger partial charge in [0, 0.05) is 12.1 Å². The van der Waals surface area contributed by atoms with Crippen LogP contribution in [-0.2, 0) is 13.0 Å². The van der Waals surface area contributed by atoms with Crippen LogP contribution in [0.2, 0.25) is 0 Å². The van der Waals surface area contributed by atoms with E-state index in [0.717, 1.165) is 29.7 Å². The number of benzene rings is 1. The minimum atomic E-state index is 0.422. The first-order valence-corrected chi connectivity index (χ1v) is 8.07. The second-order valence-electron chi connectivity index (χ2n) is 5.95. The van der Waals surface area contributed by atoms with Crippen molar-refractivity contribution >= 4 is 0 Å². The van der Waals surface area contributed by atoms with Crippen molar-refractivity contribution < 1.29 is 0 Å². The molecule has 1 fully saturated rings. The predicted octanol–water partition coefficient (Wildman–Crippen LogP) is 3.24. The molecule has 1 aromatic heterocycles. The quantitative estimate of drug-likeness (QED) is 0.917.